The maximum absolute atomic E-state index is 13.3. The summed E-state index contributed by atoms with van der Waals surface area (Å²) in [5.74, 6) is 1.10. The molecule has 1 aliphatic rings. The van der Waals surface area contributed by atoms with Crippen LogP contribution in [0.4, 0.5) is 4.79 Å². The molecule has 4 rings (SSSR count). The zero-order valence-electron chi connectivity index (χ0n) is 26.9. The molecule has 0 spiro atoms. The molecule has 1 atom stereocenters. The molecule has 10 nitrogen and oxygen atoms in total. The number of aliphatic hydroxyl groups excluding tert-OH is 1. The molecule has 0 bridgehead atoms. The van der Waals surface area contributed by atoms with Crippen LogP contribution >= 0.6 is 11.6 Å². The maximum Gasteiger partial charge on any atom is 0.410 e. The highest BCUT2D eigenvalue weighted by molar-refractivity contribution is 6.31. The Hall–Kier alpha value is -3.76. The number of carbonyl (C=O) groups is 2. The molecule has 0 aliphatic carbocycles. The summed E-state index contributed by atoms with van der Waals surface area (Å²) in [5, 5.41) is 15.2. The molecule has 11 heteroatoms. The number of hydrogen-bond acceptors (Lipinski definition) is 7. The van der Waals surface area contributed by atoms with Crippen LogP contribution in [-0.4, -0.2) is 63.4 Å². The summed E-state index contributed by atoms with van der Waals surface area (Å²) in [6.45, 7) is 14.2. The van der Waals surface area contributed by atoms with E-state index in [1.165, 1.54) is 0 Å². The summed E-state index contributed by atoms with van der Waals surface area (Å²) in [6.07, 6.45) is -1.62. The molecule has 2 N–H and O–H groups in total. The van der Waals surface area contributed by atoms with Crippen molar-refractivity contribution in [1.82, 2.24) is 19.8 Å². The molecule has 2 aromatic carbocycles. The van der Waals surface area contributed by atoms with E-state index in [-0.39, 0.29) is 29.8 Å². The third kappa shape index (κ3) is 7.47. The molecule has 44 heavy (non-hydrogen) atoms. The number of likely N-dealkylation sites (tertiary alicyclic amines) is 1. The quantitative estimate of drug-likeness (QED) is 0.330. The van der Waals surface area contributed by atoms with Gasteiger partial charge in [0.15, 0.2) is 0 Å². The highest BCUT2D eigenvalue weighted by Crippen LogP contribution is 2.39. The van der Waals surface area contributed by atoms with Crippen LogP contribution in [0.2, 0.25) is 5.02 Å². The molecule has 2 amide bonds. The first-order valence-corrected chi connectivity index (χ1v) is 15.0. The second-order valence-corrected chi connectivity index (χ2v) is 13.6. The third-order valence-electron chi connectivity index (χ3n) is 7.39. The van der Waals surface area contributed by atoms with Gasteiger partial charge in [-0.3, -0.25) is 4.79 Å². The van der Waals surface area contributed by atoms with Crippen molar-refractivity contribution < 1.29 is 28.9 Å². The molecule has 1 saturated heterocycles. The number of nitrogens with one attached hydrogen (secondary N) is 1. The lowest BCUT2D eigenvalue weighted by Gasteiger charge is -2.39. The number of rotatable bonds is 8. The van der Waals surface area contributed by atoms with E-state index in [2.05, 4.69) is 10.3 Å². The van der Waals surface area contributed by atoms with Crippen LogP contribution in [-0.2, 0) is 23.8 Å². The lowest BCUT2D eigenvalue weighted by Crippen LogP contribution is -2.61. The van der Waals surface area contributed by atoms with Crippen LogP contribution in [0.15, 0.2) is 36.4 Å². The smallest absolute Gasteiger partial charge is 0.410 e. The number of benzene rings is 2. The number of carbonyl (C=O) groups excluding carboxylic acids is 2. The van der Waals surface area contributed by atoms with Crippen molar-refractivity contribution in [2.75, 3.05) is 20.2 Å². The van der Waals surface area contributed by atoms with Gasteiger partial charge in [-0.25, -0.2) is 9.78 Å². The Morgan fingerprint density at radius 2 is 1.75 bits per heavy atom. The molecule has 238 valence electrons. The van der Waals surface area contributed by atoms with E-state index in [1.54, 1.807) is 36.6 Å². The first-order valence-electron chi connectivity index (χ1n) is 14.6. The summed E-state index contributed by atoms with van der Waals surface area (Å²) in [4.78, 5) is 31.8. The topological polar surface area (TPSA) is 115 Å². The maximum atomic E-state index is 13.3. The zero-order chi connectivity index (χ0) is 32.6. The summed E-state index contributed by atoms with van der Waals surface area (Å²) >= 11 is 6.70. The van der Waals surface area contributed by atoms with Gasteiger partial charge in [-0.2, -0.15) is 0 Å². The van der Waals surface area contributed by atoms with E-state index in [1.807, 2.05) is 71.9 Å². The number of ether oxygens (including phenoxy) is 3. The number of aliphatic hydroxyl groups is 1. The second-order valence-electron chi connectivity index (χ2n) is 13.2. The van der Waals surface area contributed by atoms with Gasteiger partial charge in [-0.15, -0.1) is 0 Å². The van der Waals surface area contributed by atoms with Gasteiger partial charge in [0.25, 0.3) is 5.91 Å². The number of imidazole rings is 1. The van der Waals surface area contributed by atoms with Crippen molar-refractivity contribution in [2.45, 2.75) is 78.2 Å². The molecule has 2 heterocycles. The van der Waals surface area contributed by atoms with Gasteiger partial charge in [0.05, 0.1) is 18.8 Å². The SMILES string of the molecule is COc1ccc(COc2cc(Cl)c(C(C)(C)C)cc2C(O)c2nc(C)c(C(=O)NC3CN(C(=O)OC(C)(C)C)C3)n2C)cc1. The van der Waals surface area contributed by atoms with Gasteiger partial charge < -0.3 is 34.1 Å². The van der Waals surface area contributed by atoms with Crippen LogP contribution in [0.5, 0.6) is 11.5 Å². The first kappa shape index (κ1) is 33.1. The van der Waals surface area contributed by atoms with Crippen LogP contribution in [0.25, 0.3) is 0 Å². The fourth-order valence-electron chi connectivity index (χ4n) is 5.02. The fourth-order valence-corrected chi connectivity index (χ4v) is 5.46. The Morgan fingerprint density at radius 3 is 2.32 bits per heavy atom. The van der Waals surface area contributed by atoms with E-state index >= 15 is 0 Å². The highest BCUT2D eigenvalue weighted by atomic mass is 35.5. The number of aromatic nitrogens is 2. The van der Waals surface area contributed by atoms with E-state index in [0.717, 1.165) is 16.9 Å². The fraction of sp³-hybridized carbons (Fsp3) is 0.485. The summed E-state index contributed by atoms with van der Waals surface area (Å²) in [7, 11) is 3.31. The standard InChI is InChI=1S/C33H43ClN4O6/c1-19-27(30(40)36-21-16-38(17-21)31(41)44-33(5,6)7)37(8)29(35-19)28(39)23-14-24(32(2,3)4)25(34)15-26(23)43-18-20-10-12-22(42-9)13-11-20/h10-15,21,28,39H,16-18H2,1-9H3,(H,36,40). The second kappa shape index (κ2) is 12.7. The number of amides is 2. The van der Waals surface area contributed by atoms with E-state index in [4.69, 9.17) is 25.8 Å². The Bertz CT molecular complexity index is 1510. The molecule has 0 saturated carbocycles. The highest BCUT2D eigenvalue weighted by Gasteiger charge is 2.36. The zero-order valence-corrected chi connectivity index (χ0v) is 27.7. The number of hydrogen-bond donors (Lipinski definition) is 2. The Morgan fingerprint density at radius 1 is 1.11 bits per heavy atom. The molecule has 1 fully saturated rings. The number of methoxy groups -OCH3 is 1. The van der Waals surface area contributed by atoms with Gasteiger partial charge in [0, 0.05) is 30.7 Å². The Balaban J connectivity index is 1.56. The molecular weight excluding hydrogens is 584 g/mol. The predicted octanol–water partition coefficient (Wildman–Crippen LogP) is 5.70. The predicted molar refractivity (Wildman–Crippen MR) is 169 cm³/mol. The molecule has 1 aromatic heterocycles. The molecule has 3 aromatic rings. The molecule has 0 radical (unpaired) electrons. The average molecular weight is 627 g/mol. The van der Waals surface area contributed by atoms with Gasteiger partial charge in [0.1, 0.15) is 41.3 Å². The van der Waals surface area contributed by atoms with Crippen LogP contribution in [0.1, 0.15) is 86.3 Å². The Kier molecular flexibility index (Phi) is 9.56. The van der Waals surface area contributed by atoms with Gasteiger partial charge >= 0.3 is 6.09 Å². The summed E-state index contributed by atoms with van der Waals surface area (Å²) < 4.78 is 18.4. The van der Waals surface area contributed by atoms with Crippen molar-refractivity contribution in [2.24, 2.45) is 7.05 Å². The third-order valence-corrected chi connectivity index (χ3v) is 7.70. The van der Waals surface area contributed by atoms with Crippen molar-refractivity contribution in [3.63, 3.8) is 0 Å². The van der Waals surface area contributed by atoms with Crippen LogP contribution in [0.3, 0.4) is 0 Å². The van der Waals surface area contributed by atoms with E-state index in [0.29, 0.717) is 40.8 Å². The first-order chi connectivity index (χ1) is 20.5. The minimum atomic E-state index is -1.21. The van der Waals surface area contributed by atoms with Crippen molar-refractivity contribution in [1.29, 1.82) is 0 Å². The average Bonchev–Trinajstić information content (AvgIpc) is 3.20. The van der Waals surface area contributed by atoms with Crippen molar-refractivity contribution in [3.05, 3.63) is 75.3 Å². The van der Waals surface area contributed by atoms with Gasteiger partial charge in [0.2, 0.25) is 0 Å². The molecular formula is C33H43ClN4O6. The minimum absolute atomic E-state index is 0.221. The van der Waals surface area contributed by atoms with E-state index in [9.17, 15) is 14.7 Å². The number of aryl methyl sites for hydroxylation is 1. The minimum Gasteiger partial charge on any atom is -0.497 e. The Labute approximate surface area is 264 Å². The van der Waals surface area contributed by atoms with Crippen LogP contribution < -0.4 is 14.8 Å². The molecule has 1 aliphatic heterocycles. The van der Waals surface area contributed by atoms with Gasteiger partial charge in [-0.05, 0) is 68.5 Å². The summed E-state index contributed by atoms with van der Waals surface area (Å²) in [6, 6.07) is 10.9. The largest absolute Gasteiger partial charge is 0.497 e. The van der Waals surface area contributed by atoms with Crippen molar-refractivity contribution >= 4 is 23.6 Å². The van der Waals surface area contributed by atoms with Gasteiger partial charge in [-0.1, -0.05) is 44.5 Å². The lowest BCUT2D eigenvalue weighted by molar-refractivity contribution is 0.00527. The molecule has 1 unspecified atom stereocenters. The summed E-state index contributed by atoms with van der Waals surface area (Å²) in [5.41, 5.74) is 2.13. The lowest BCUT2D eigenvalue weighted by atomic mass is 9.85. The van der Waals surface area contributed by atoms with Crippen LogP contribution in [0, 0.1) is 6.92 Å². The van der Waals surface area contributed by atoms with Crippen molar-refractivity contribution in [3.8, 4) is 11.5 Å². The van der Waals surface area contributed by atoms with E-state index < -0.39 is 17.8 Å². The number of nitrogens with zero attached hydrogens (tertiary/aromatic N) is 3. The normalized spacial score (nSPS) is 14.6. The monoisotopic (exact) mass is 626 g/mol. The number of halogens is 1.